The summed E-state index contributed by atoms with van der Waals surface area (Å²) >= 11 is 0. The van der Waals surface area contributed by atoms with Crippen LogP contribution in [0, 0.1) is 6.92 Å². The zero-order valence-electron chi connectivity index (χ0n) is 12.4. The van der Waals surface area contributed by atoms with Crippen LogP contribution >= 0.6 is 0 Å². The van der Waals surface area contributed by atoms with E-state index in [9.17, 15) is 0 Å². The van der Waals surface area contributed by atoms with Crippen LogP contribution in [0.3, 0.4) is 0 Å². The average molecular weight is 286 g/mol. The maximum absolute atomic E-state index is 9.10. The number of nitrogens with zero attached hydrogens (tertiary/aromatic N) is 4. The second-order valence-corrected chi connectivity index (χ2v) is 5.60. The predicted octanol–water partition coefficient (Wildman–Crippen LogP) is 1.96. The number of aromatic nitrogens is 3. The summed E-state index contributed by atoms with van der Waals surface area (Å²) in [6.45, 7) is 4.79. The molecule has 2 aromatic heterocycles. The van der Waals surface area contributed by atoms with Crippen molar-refractivity contribution in [3.05, 3.63) is 41.9 Å². The number of anilines is 1. The molecule has 3 heterocycles. The molecule has 1 saturated heterocycles. The van der Waals surface area contributed by atoms with Gasteiger partial charge in [-0.1, -0.05) is 6.07 Å². The van der Waals surface area contributed by atoms with E-state index in [-0.39, 0.29) is 6.61 Å². The van der Waals surface area contributed by atoms with Gasteiger partial charge >= 0.3 is 0 Å². The molecule has 0 radical (unpaired) electrons. The second-order valence-electron chi connectivity index (χ2n) is 5.60. The van der Waals surface area contributed by atoms with Crippen LogP contribution in [0.2, 0.25) is 0 Å². The zero-order valence-corrected chi connectivity index (χ0v) is 12.4. The fourth-order valence-corrected chi connectivity index (χ4v) is 3.08. The van der Waals surface area contributed by atoms with Crippen LogP contribution in [-0.4, -0.2) is 39.6 Å². The second kappa shape index (κ2) is 6.26. The molecule has 0 saturated carbocycles. The third-order valence-electron chi connectivity index (χ3n) is 4.17. The van der Waals surface area contributed by atoms with E-state index in [2.05, 4.69) is 33.2 Å². The van der Waals surface area contributed by atoms with Crippen LogP contribution in [0.5, 0.6) is 0 Å². The van der Waals surface area contributed by atoms with Gasteiger partial charge in [0.05, 0.1) is 13.2 Å². The first-order chi connectivity index (χ1) is 10.3. The van der Waals surface area contributed by atoms with Gasteiger partial charge in [-0.2, -0.15) is 5.10 Å². The lowest BCUT2D eigenvalue weighted by molar-refractivity contribution is 0.265. The lowest BCUT2D eigenvalue weighted by Crippen LogP contribution is -2.34. The molecule has 5 nitrogen and oxygen atoms in total. The van der Waals surface area contributed by atoms with E-state index in [0.29, 0.717) is 12.5 Å². The van der Waals surface area contributed by atoms with Crippen LogP contribution in [0.1, 0.15) is 30.1 Å². The van der Waals surface area contributed by atoms with E-state index in [1.165, 1.54) is 5.69 Å². The highest BCUT2D eigenvalue weighted by Gasteiger charge is 2.23. The Balaban J connectivity index is 1.66. The van der Waals surface area contributed by atoms with Crippen molar-refractivity contribution in [1.82, 2.24) is 14.8 Å². The standard InChI is InChI=1S/C16H22N4O/c1-13-3-2-4-16(18-13)19-9-6-14(7-10-19)15-5-8-17-20(15)11-12-21/h2-5,8,14,21H,6-7,9-12H2,1H3. The Morgan fingerprint density at radius 1 is 1.24 bits per heavy atom. The summed E-state index contributed by atoms with van der Waals surface area (Å²) in [4.78, 5) is 6.96. The van der Waals surface area contributed by atoms with Crippen molar-refractivity contribution in [2.24, 2.45) is 0 Å². The fraction of sp³-hybridized carbons (Fsp3) is 0.500. The molecule has 112 valence electrons. The Hall–Kier alpha value is -1.88. The molecule has 0 spiro atoms. The minimum absolute atomic E-state index is 0.140. The molecule has 0 aromatic carbocycles. The number of aliphatic hydroxyl groups is 1. The first kappa shape index (κ1) is 14.1. The molecule has 1 aliphatic heterocycles. The lowest BCUT2D eigenvalue weighted by atomic mass is 9.93. The summed E-state index contributed by atoms with van der Waals surface area (Å²) in [5.41, 5.74) is 2.32. The summed E-state index contributed by atoms with van der Waals surface area (Å²) < 4.78 is 1.94. The largest absolute Gasteiger partial charge is 0.394 e. The monoisotopic (exact) mass is 286 g/mol. The fourth-order valence-electron chi connectivity index (χ4n) is 3.08. The van der Waals surface area contributed by atoms with E-state index in [1.807, 2.05) is 23.9 Å². The Kier molecular flexibility index (Phi) is 4.20. The average Bonchev–Trinajstić information content (AvgIpc) is 2.96. The summed E-state index contributed by atoms with van der Waals surface area (Å²) in [5, 5.41) is 13.4. The summed E-state index contributed by atoms with van der Waals surface area (Å²) in [5.74, 6) is 1.61. The van der Waals surface area contributed by atoms with Gasteiger partial charge in [0.15, 0.2) is 0 Å². The number of pyridine rings is 1. The van der Waals surface area contributed by atoms with Crippen molar-refractivity contribution in [3.63, 3.8) is 0 Å². The van der Waals surface area contributed by atoms with Crippen molar-refractivity contribution in [3.8, 4) is 0 Å². The van der Waals surface area contributed by atoms with Crippen LogP contribution in [0.4, 0.5) is 5.82 Å². The normalized spacial score (nSPS) is 16.4. The molecular formula is C16H22N4O. The van der Waals surface area contributed by atoms with Gasteiger partial charge in [0.25, 0.3) is 0 Å². The number of aliphatic hydroxyl groups excluding tert-OH is 1. The van der Waals surface area contributed by atoms with Gasteiger partial charge in [0.1, 0.15) is 5.82 Å². The molecule has 1 fully saturated rings. The number of hydrogen-bond donors (Lipinski definition) is 1. The van der Waals surface area contributed by atoms with Gasteiger partial charge in [-0.25, -0.2) is 4.98 Å². The van der Waals surface area contributed by atoms with Crippen LogP contribution in [0.15, 0.2) is 30.5 Å². The third kappa shape index (κ3) is 3.08. The molecule has 1 aliphatic rings. The van der Waals surface area contributed by atoms with Gasteiger partial charge in [-0.3, -0.25) is 4.68 Å². The molecule has 0 unspecified atom stereocenters. The molecule has 1 N–H and O–H groups in total. The Morgan fingerprint density at radius 3 is 2.76 bits per heavy atom. The van der Waals surface area contributed by atoms with Crippen LogP contribution in [0.25, 0.3) is 0 Å². The molecule has 5 heteroatoms. The maximum atomic E-state index is 9.10. The maximum Gasteiger partial charge on any atom is 0.128 e. The minimum atomic E-state index is 0.140. The van der Waals surface area contributed by atoms with Gasteiger partial charge in [0.2, 0.25) is 0 Å². The molecule has 0 aliphatic carbocycles. The highest BCUT2D eigenvalue weighted by Crippen LogP contribution is 2.29. The summed E-state index contributed by atoms with van der Waals surface area (Å²) in [6, 6.07) is 8.27. The smallest absolute Gasteiger partial charge is 0.128 e. The number of aryl methyl sites for hydroxylation is 1. The number of piperidine rings is 1. The van der Waals surface area contributed by atoms with Gasteiger partial charge in [0, 0.05) is 36.6 Å². The molecule has 3 rings (SSSR count). The van der Waals surface area contributed by atoms with E-state index >= 15 is 0 Å². The van der Waals surface area contributed by atoms with Crippen molar-refractivity contribution in [1.29, 1.82) is 0 Å². The van der Waals surface area contributed by atoms with Crippen LogP contribution < -0.4 is 4.90 Å². The first-order valence-corrected chi connectivity index (χ1v) is 7.59. The van der Waals surface area contributed by atoms with E-state index in [4.69, 9.17) is 5.11 Å². The molecule has 0 atom stereocenters. The van der Waals surface area contributed by atoms with Gasteiger partial charge in [-0.05, 0) is 38.0 Å². The van der Waals surface area contributed by atoms with Crippen molar-refractivity contribution < 1.29 is 5.11 Å². The van der Waals surface area contributed by atoms with Gasteiger partial charge < -0.3 is 10.0 Å². The van der Waals surface area contributed by atoms with E-state index < -0.39 is 0 Å². The Labute approximate surface area is 125 Å². The quantitative estimate of drug-likeness (QED) is 0.933. The number of rotatable bonds is 4. The minimum Gasteiger partial charge on any atom is -0.394 e. The predicted molar refractivity (Wildman–Crippen MR) is 82.5 cm³/mol. The van der Waals surface area contributed by atoms with Gasteiger partial charge in [-0.15, -0.1) is 0 Å². The molecular weight excluding hydrogens is 264 g/mol. The summed E-state index contributed by atoms with van der Waals surface area (Å²) in [7, 11) is 0. The Bertz CT molecular complexity index is 587. The Morgan fingerprint density at radius 2 is 2.05 bits per heavy atom. The zero-order chi connectivity index (χ0) is 14.7. The number of hydrogen-bond acceptors (Lipinski definition) is 4. The SMILES string of the molecule is Cc1cccc(N2CCC(c3ccnn3CCO)CC2)n1. The highest BCUT2D eigenvalue weighted by atomic mass is 16.3. The lowest BCUT2D eigenvalue weighted by Gasteiger charge is -2.33. The molecule has 0 amide bonds. The van der Waals surface area contributed by atoms with Crippen molar-refractivity contribution >= 4 is 5.82 Å². The topological polar surface area (TPSA) is 54.2 Å². The van der Waals surface area contributed by atoms with E-state index in [1.54, 1.807) is 0 Å². The molecule has 0 bridgehead atoms. The highest BCUT2D eigenvalue weighted by molar-refractivity contribution is 5.40. The third-order valence-corrected chi connectivity index (χ3v) is 4.17. The van der Waals surface area contributed by atoms with Crippen molar-refractivity contribution in [2.45, 2.75) is 32.2 Å². The first-order valence-electron chi connectivity index (χ1n) is 7.59. The van der Waals surface area contributed by atoms with E-state index in [0.717, 1.165) is 37.4 Å². The molecule has 21 heavy (non-hydrogen) atoms. The molecule has 2 aromatic rings. The van der Waals surface area contributed by atoms with Crippen LogP contribution in [-0.2, 0) is 6.54 Å². The van der Waals surface area contributed by atoms with Crippen molar-refractivity contribution in [2.75, 3.05) is 24.6 Å². The summed E-state index contributed by atoms with van der Waals surface area (Å²) in [6.07, 6.45) is 4.04.